The zero-order chi connectivity index (χ0) is 9.00. The van der Waals surface area contributed by atoms with E-state index >= 15 is 0 Å². The van der Waals surface area contributed by atoms with Crippen molar-refractivity contribution in [1.82, 2.24) is 0 Å². The number of rotatable bonds is 0. The van der Waals surface area contributed by atoms with E-state index in [2.05, 4.69) is 10.7 Å². The van der Waals surface area contributed by atoms with Crippen LogP contribution in [-0.4, -0.2) is 16.2 Å². The molecule has 1 N–H and O–H groups in total. The molecule has 64 valence electrons. The van der Waals surface area contributed by atoms with Gasteiger partial charge in [-0.05, 0) is 0 Å². The van der Waals surface area contributed by atoms with Gasteiger partial charge in [0.05, 0.1) is 0 Å². The van der Waals surface area contributed by atoms with Crippen molar-refractivity contribution in [2.45, 2.75) is 3.25 Å². The summed E-state index contributed by atoms with van der Waals surface area (Å²) in [6, 6.07) is 0. The second kappa shape index (κ2) is 5.09. The molecule has 10 heavy (non-hydrogen) atoms. The van der Waals surface area contributed by atoms with Crippen LogP contribution >= 0.6 is 57.1 Å². The van der Waals surface area contributed by atoms with Crippen molar-refractivity contribution < 1.29 is 13.0 Å². The van der Waals surface area contributed by atoms with E-state index in [0.29, 0.717) is 0 Å². The van der Waals surface area contributed by atoms with Crippen LogP contribution in [0, 0.1) is 0 Å². The number of alkyl halides is 4. The Hall–Kier alpha value is 1.36. The quantitative estimate of drug-likeness (QED) is 0.418. The SMILES string of the molecule is ClC(Cl)(Cl)Cl.O=S(=O)(O)Cl. The Labute approximate surface area is 82.4 Å². The molecule has 0 aromatic heterocycles. The number of hydrogen-bond donors (Lipinski definition) is 1. The molecule has 0 aliphatic carbocycles. The number of halogens is 5. The molecule has 0 bridgehead atoms. The Morgan fingerprint density at radius 1 is 1.10 bits per heavy atom. The molecule has 0 spiro atoms. The highest BCUT2D eigenvalue weighted by Crippen LogP contribution is 2.29. The first-order valence-electron chi connectivity index (χ1n) is 1.43. The van der Waals surface area contributed by atoms with Gasteiger partial charge in [0.2, 0.25) is 0 Å². The summed E-state index contributed by atoms with van der Waals surface area (Å²) < 4.78 is 23.6. The van der Waals surface area contributed by atoms with E-state index in [0.717, 1.165) is 0 Å². The van der Waals surface area contributed by atoms with Crippen LogP contribution in [-0.2, 0) is 9.33 Å². The Morgan fingerprint density at radius 3 is 1.10 bits per heavy atom. The molecule has 3 nitrogen and oxygen atoms in total. The second-order valence-corrected chi connectivity index (χ2v) is 6.26. The van der Waals surface area contributed by atoms with Crippen LogP contribution in [0.4, 0.5) is 0 Å². The first-order chi connectivity index (χ1) is 4.00. The summed E-state index contributed by atoms with van der Waals surface area (Å²) in [5, 5.41) is 0. The van der Waals surface area contributed by atoms with Gasteiger partial charge >= 0.3 is 9.33 Å². The van der Waals surface area contributed by atoms with Crippen molar-refractivity contribution in [3.8, 4) is 0 Å². The highest BCUT2D eigenvalue weighted by Gasteiger charge is 2.11. The molecule has 0 saturated carbocycles. The van der Waals surface area contributed by atoms with Gasteiger partial charge in [0.15, 0.2) is 0 Å². The summed E-state index contributed by atoms with van der Waals surface area (Å²) >= 11 is 19.3. The zero-order valence-corrected chi connectivity index (χ0v) is 8.66. The highest BCUT2D eigenvalue weighted by molar-refractivity contribution is 8.09. The Balaban J connectivity index is 0. The van der Waals surface area contributed by atoms with Crippen LogP contribution < -0.4 is 0 Å². The smallest absolute Gasteiger partial charge is 0.273 e. The molecule has 9 heteroatoms. The molecule has 0 unspecified atom stereocenters. The summed E-state index contributed by atoms with van der Waals surface area (Å²) in [5.41, 5.74) is 0. The zero-order valence-electron chi connectivity index (χ0n) is 4.06. The maximum atomic E-state index is 8.95. The topological polar surface area (TPSA) is 54.4 Å². The van der Waals surface area contributed by atoms with Gasteiger partial charge in [-0.1, -0.05) is 46.4 Å². The Bertz CT molecular complexity index is 152. The molecule has 0 aromatic rings. The number of hydrogen-bond acceptors (Lipinski definition) is 2. The lowest BCUT2D eigenvalue weighted by Crippen LogP contribution is -1.81. The van der Waals surface area contributed by atoms with Crippen molar-refractivity contribution in [3.05, 3.63) is 0 Å². The third kappa shape index (κ3) is 354. The van der Waals surface area contributed by atoms with Crippen LogP contribution in [0.25, 0.3) is 0 Å². The fourth-order valence-corrected chi connectivity index (χ4v) is 0. The van der Waals surface area contributed by atoms with E-state index < -0.39 is 12.6 Å². The lowest BCUT2D eigenvalue weighted by Gasteiger charge is -1.91. The summed E-state index contributed by atoms with van der Waals surface area (Å²) in [4.78, 5) is 0. The molecular formula is CHCl5O3S. The molecule has 0 saturated heterocycles. The average Bonchev–Trinajstić information content (AvgIpc) is 1.12. The van der Waals surface area contributed by atoms with E-state index in [9.17, 15) is 0 Å². The molecule has 0 heterocycles. The minimum absolute atomic E-state index is 1.61. The molecule has 0 rings (SSSR count). The predicted octanol–water partition coefficient (Wildman–Crippen LogP) is 2.58. The van der Waals surface area contributed by atoms with Crippen LogP contribution in [0.15, 0.2) is 0 Å². The van der Waals surface area contributed by atoms with Gasteiger partial charge < -0.3 is 0 Å². The lowest BCUT2D eigenvalue weighted by molar-refractivity contribution is 0.501. The van der Waals surface area contributed by atoms with Crippen LogP contribution in [0.1, 0.15) is 0 Å². The van der Waals surface area contributed by atoms with Crippen LogP contribution in [0.3, 0.4) is 0 Å². The summed E-state index contributed by atoms with van der Waals surface area (Å²) in [5.74, 6) is 0. The summed E-state index contributed by atoms with van der Waals surface area (Å²) in [7, 11) is -0.137. The van der Waals surface area contributed by atoms with E-state index in [1.54, 1.807) is 0 Å². The monoisotopic (exact) mass is 268 g/mol. The summed E-state index contributed by atoms with van der Waals surface area (Å²) in [6.07, 6.45) is 0. The maximum absolute atomic E-state index is 8.95. The molecule has 0 radical (unpaired) electrons. The van der Waals surface area contributed by atoms with E-state index in [-0.39, 0.29) is 0 Å². The molecule has 0 amide bonds. The largest absolute Gasteiger partial charge is 0.353 e. The fourth-order valence-electron chi connectivity index (χ4n) is 0. The van der Waals surface area contributed by atoms with Crippen molar-refractivity contribution in [2.75, 3.05) is 0 Å². The third-order valence-corrected chi connectivity index (χ3v) is 0. The molecule has 0 atom stereocenters. The van der Waals surface area contributed by atoms with Crippen LogP contribution in [0.5, 0.6) is 0 Å². The first-order valence-corrected chi connectivity index (χ1v) is 5.20. The van der Waals surface area contributed by atoms with E-state index in [4.69, 9.17) is 59.4 Å². The predicted molar refractivity (Wildman–Crippen MR) is 43.5 cm³/mol. The van der Waals surface area contributed by atoms with Gasteiger partial charge in [-0.2, -0.15) is 8.42 Å². The Morgan fingerprint density at radius 2 is 1.10 bits per heavy atom. The normalized spacial score (nSPS) is 11.8. The minimum Gasteiger partial charge on any atom is -0.273 e. The lowest BCUT2D eigenvalue weighted by atomic mass is 11.8. The molecule has 0 aliphatic heterocycles. The van der Waals surface area contributed by atoms with E-state index in [1.807, 2.05) is 0 Å². The molecule has 0 fully saturated rings. The average molecular weight is 270 g/mol. The van der Waals surface area contributed by atoms with Gasteiger partial charge in [-0.15, -0.1) is 0 Å². The van der Waals surface area contributed by atoms with Crippen molar-refractivity contribution in [2.24, 2.45) is 0 Å². The first kappa shape index (κ1) is 13.9. The van der Waals surface area contributed by atoms with Crippen molar-refractivity contribution in [1.29, 1.82) is 0 Å². The van der Waals surface area contributed by atoms with Gasteiger partial charge in [-0.25, -0.2) is 0 Å². The van der Waals surface area contributed by atoms with Crippen molar-refractivity contribution >= 4 is 66.4 Å². The van der Waals surface area contributed by atoms with Crippen molar-refractivity contribution in [3.63, 3.8) is 0 Å². The van der Waals surface area contributed by atoms with Crippen LogP contribution in [0.2, 0.25) is 0 Å². The minimum atomic E-state index is -4.19. The third-order valence-electron chi connectivity index (χ3n) is 0. The maximum Gasteiger partial charge on any atom is 0.353 e. The van der Waals surface area contributed by atoms with Gasteiger partial charge in [-0.3, -0.25) is 4.55 Å². The molecule has 0 aromatic carbocycles. The molecular weight excluding hydrogens is 269 g/mol. The fraction of sp³-hybridized carbons (Fsp3) is 1.00. The highest BCUT2D eigenvalue weighted by atomic mass is 35.7. The second-order valence-electron chi connectivity index (χ2n) is 0.841. The molecule has 0 aliphatic rings. The Kier molecular flexibility index (Phi) is 7.08. The van der Waals surface area contributed by atoms with Gasteiger partial charge in [0, 0.05) is 10.7 Å². The van der Waals surface area contributed by atoms with E-state index in [1.165, 1.54) is 0 Å². The standard InChI is InChI=1S/CCl4.ClHO3S/c2-1(3,4)5;1-5(2,3)4/h;(H,2,3,4). The van der Waals surface area contributed by atoms with Gasteiger partial charge in [0.25, 0.3) is 3.25 Å². The summed E-state index contributed by atoms with van der Waals surface area (Å²) in [6.45, 7) is 0. The van der Waals surface area contributed by atoms with Gasteiger partial charge in [0.1, 0.15) is 0 Å².